The largest absolute Gasteiger partial charge is 0.461 e. The highest BCUT2D eigenvalue weighted by molar-refractivity contribution is 5.78. The number of carbonyl (C=O) groups excluding carboxylic acids is 1. The van der Waals surface area contributed by atoms with Crippen molar-refractivity contribution in [2.75, 3.05) is 26.2 Å². The number of hydrogen-bond donors (Lipinski definition) is 1. The van der Waals surface area contributed by atoms with Crippen molar-refractivity contribution in [1.29, 1.82) is 0 Å². The van der Waals surface area contributed by atoms with Gasteiger partial charge in [0.05, 0.1) is 18.7 Å². The van der Waals surface area contributed by atoms with Gasteiger partial charge in [-0.2, -0.15) is 4.98 Å². The minimum Gasteiger partial charge on any atom is -0.461 e. The Kier molecular flexibility index (Phi) is 4.79. The van der Waals surface area contributed by atoms with E-state index in [1.807, 2.05) is 18.2 Å². The minimum absolute atomic E-state index is 0.0428. The van der Waals surface area contributed by atoms with Gasteiger partial charge in [0.2, 0.25) is 17.6 Å². The molecule has 0 unspecified atom stereocenters. The van der Waals surface area contributed by atoms with Crippen LogP contribution in [0, 0.1) is 0 Å². The van der Waals surface area contributed by atoms with Crippen LogP contribution in [0.4, 0.5) is 0 Å². The van der Waals surface area contributed by atoms with E-state index in [1.165, 1.54) is 5.56 Å². The average molecular weight is 352 g/mol. The van der Waals surface area contributed by atoms with Crippen molar-refractivity contribution in [3.63, 3.8) is 0 Å². The highest BCUT2D eigenvalue weighted by Crippen LogP contribution is 2.27. The number of aromatic nitrogens is 2. The van der Waals surface area contributed by atoms with Gasteiger partial charge >= 0.3 is 0 Å². The van der Waals surface area contributed by atoms with Crippen LogP contribution in [0.1, 0.15) is 17.4 Å². The highest BCUT2D eigenvalue weighted by atomic mass is 16.5. The first-order valence-electron chi connectivity index (χ1n) is 8.68. The van der Waals surface area contributed by atoms with Crippen molar-refractivity contribution in [2.24, 2.45) is 0 Å². The molecule has 0 bridgehead atoms. The third-order valence-electron chi connectivity index (χ3n) is 4.44. The zero-order valence-electron chi connectivity index (χ0n) is 14.3. The molecule has 26 heavy (non-hydrogen) atoms. The summed E-state index contributed by atoms with van der Waals surface area (Å²) in [6, 6.07) is 13.7. The Morgan fingerprint density at radius 2 is 2.04 bits per heavy atom. The highest BCUT2D eigenvalue weighted by Gasteiger charge is 2.33. The maximum absolute atomic E-state index is 12.0. The SMILES string of the molecule is O=C(CN1CC(c2nc(-c3ccco3)no2)C1)NCCc1ccccc1. The summed E-state index contributed by atoms with van der Waals surface area (Å²) in [6.45, 7) is 2.53. The number of amides is 1. The first kappa shape index (κ1) is 16.5. The molecule has 0 atom stereocenters. The lowest BCUT2D eigenvalue weighted by atomic mass is 10.0. The van der Waals surface area contributed by atoms with Crippen LogP contribution in [-0.4, -0.2) is 47.1 Å². The molecule has 1 aromatic carbocycles. The normalized spacial score (nSPS) is 14.9. The Hall–Kier alpha value is -2.93. The van der Waals surface area contributed by atoms with Gasteiger partial charge < -0.3 is 14.3 Å². The smallest absolute Gasteiger partial charge is 0.238 e. The van der Waals surface area contributed by atoms with Crippen molar-refractivity contribution in [3.05, 3.63) is 60.2 Å². The Bertz CT molecular complexity index is 839. The second kappa shape index (κ2) is 7.53. The number of furan rings is 1. The maximum Gasteiger partial charge on any atom is 0.238 e. The molecule has 1 aliphatic heterocycles. The predicted molar refractivity (Wildman–Crippen MR) is 94.3 cm³/mol. The van der Waals surface area contributed by atoms with Gasteiger partial charge in [-0.1, -0.05) is 35.5 Å². The van der Waals surface area contributed by atoms with Crippen LogP contribution in [0.25, 0.3) is 11.6 Å². The molecule has 134 valence electrons. The van der Waals surface area contributed by atoms with Crippen LogP contribution in [-0.2, 0) is 11.2 Å². The molecule has 1 saturated heterocycles. The molecule has 7 heteroatoms. The van der Waals surface area contributed by atoms with E-state index in [1.54, 1.807) is 18.4 Å². The van der Waals surface area contributed by atoms with Crippen molar-refractivity contribution in [1.82, 2.24) is 20.4 Å². The predicted octanol–water partition coefficient (Wildman–Crippen LogP) is 2.09. The van der Waals surface area contributed by atoms with Gasteiger partial charge in [0, 0.05) is 19.6 Å². The number of rotatable bonds is 7. The summed E-state index contributed by atoms with van der Waals surface area (Å²) >= 11 is 0. The third kappa shape index (κ3) is 3.83. The molecule has 1 amide bonds. The van der Waals surface area contributed by atoms with E-state index in [-0.39, 0.29) is 11.8 Å². The van der Waals surface area contributed by atoms with E-state index in [0.717, 1.165) is 19.5 Å². The van der Waals surface area contributed by atoms with Crippen LogP contribution >= 0.6 is 0 Å². The van der Waals surface area contributed by atoms with E-state index in [9.17, 15) is 4.79 Å². The second-order valence-electron chi connectivity index (χ2n) is 6.41. The fourth-order valence-electron chi connectivity index (χ4n) is 3.01. The van der Waals surface area contributed by atoms with Crippen molar-refractivity contribution in [3.8, 4) is 11.6 Å². The third-order valence-corrected chi connectivity index (χ3v) is 4.44. The van der Waals surface area contributed by atoms with Crippen LogP contribution in [0.3, 0.4) is 0 Å². The van der Waals surface area contributed by atoms with E-state index < -0.39 is 0 Å². The Labute approximate surface area is 151 Å². The summed E-state index contributed by atoms with van der Waals surface area (Å²) in [7, 11) is 0. The first-order valence-corrected chi connectivity index (χ1v) is 8.68. The van der Waals surface area contributed by atoms with E-state index in [2.05, 4.69) is 32.5 Å². The van der Waals surface area contributed by atoms with Crippen LogP contribution in [0.5, 0.6) is 0 Å². The summed E-state index contributed by atoms with van der Waals surface area (Å²) in [5.41, 5.74) is 1.22. The Morgan fingerprint density at radius 1 is 1.19 bits per heavy atom. The molecule has 1 fully saturated rings. The van der Waals surface area contributed by atoms with Gasteiger partial charge in [0.15, 0.2) is 5.76 Å². The summed E-state index contributed by atoms with van der Waals surface area (Å²) in [4.78, 5) is 18.5. The fourth-order valence-corrected chi connectivity index (χ4v) is 3.01. The molecule has 0 spiro atoms. The van der Waals surface area contributed by atoms with Crippen LogP contribution < -0.4 is 5.32 Å². The number of nitrogens with zero attached hydrogens (tertiary/aromatic N) is 3. The standard InChI is InChI=1S/C19H20N4O3/c24-17(20-9-8-14-5-2-1-3-6-14)13-23-11-15(12-23)19-21-18(22-26-19)16-7-4-10-25-16/h1-7,10,15H,8-9,11-13H2,(H,20,24). The second-order valence-corrected chi connectivity index (χ2v) is 6.41. The first-order chi connectivity index (χ1) is 12.8. The zero-order chi connectivity index (χ0) is 17.8. The fraction of sp³-hybridized carbons (Fsp3) is 0.316. The molecule has 0 aliphatic carbocycles. The molecule has 0 radical (unpaired) electrons. The lowest BCUT2D eigenvalue weighted by Gasteiger charge is -2.36. The lowest BCUT2D eigenvalue weighted by Crippen LogP contribution is -2.49. The topological polar surface area (TPSA) is 84.4 Å². The summed E-state index contributed by atoms with van der Waals surface area (Å²) in [5.74, 6) is 1.86. The monoisotopic (exact) mass is 352 g/mol. The van der Waals surface area contributed by atoms with Gasteiger partial charge in [0.1, 0.15) is 0 Å². The molecule has 3 heterocycles. The minimum atomic E-state index is 0.0428. The maximum atomic E-state index is 12.0. The van der Waals surface area contributed by atoms with Crippen LogP contribution in [0.15, 0.2) is 57.7 Å². The molecule has 4 rings (SSSR count). The van der Waals surface area contributed by atoms with Gasteiger partial charge in [-0.05, 0) is 24.1 Å². The quantitative estimate of drug-likeness (QED) is 0.701. The van der Waals surface area contributed by atoms with Crippen molar-refractivity contribution < 1.29 is 13.7 Å². The van der Waals surface area contributed by atoms with Crippen molar-refractivity contribution in [2.45, 2.75) is 12.3 Å². The number of likely N-dealkylation sites (tertiary alicyclic amines) is 1. The molecular formula is C19H20N4O3. The zero-order valence-corrected chi connectivity index (χ0v) is 14.3. The van der Waals surface area contributed by atoms with Gasteiger partial charge in [-0.3, -0.25) is 9.69 Å². The van der Waals surface area contributed by atoms with Gasteiger partial charge in [-0.25, -0.2) is 0 Å². The molecule has 0 saturated carbocycles. The Morgan fingerprint density at radius 3 is 2.81 bits per heavy atom. The van der Waals surface area contributed by atoms with E-state index in [4.69, 9.17) is 8.94 Å². The van der Waals surface area contributed by atoms with Gasteiger partial charge in [0.25, 0.3) is 0 Å². The van der Waals surface area contributed by atoms with Crippen molar-refractivity contribution >= 4 is 5.91 Å². The molecule has 1 aliphatic rings. The number of benzene rings is 1. The van der Waals surface area contributed by atoms with E-state index >= 15 is 0 Å². The number of nitrogens with one attached hydrogen (secondary N) is 1. The van der Waals surface area contributed by atoms with Gasteiger partial charge in [-0.15, -0.1) is 0 Å². The Balaban J connectivity index is 1.18. The molecule has 1 N–H and O–H groups in total. The molecule has 3 aromatic rings. The summed E-state index contributed by atoms with van der Waals surface area (Å²) < 4.78 is 10.6. The van der Waals surface area contributed by atoms with Crippen LogP contribution in [0.2, 0.25) is 0 Å². The number of hydrogen-bond acceptors (Lipinski definition) is 6. The molecule has 7 nitrogen and oxygen atoms in total. The number of carbonyl (C=O) groups is 1. The average Bonchev–Trinajstić information content (AvgIpc) is 3.30. The summed E-state index contributed by atoms with van der Waals surface area (Å²) in [6.07, 6.45) is 2.42. The molecular weight excluding hydrogens is 332 g/mol. The lowest BCUT2D eigenvalue weighted by molar-refractivity contribution is -0.123. The van der Waals surface area contributed by atoms with E-state index in [0.29, 0.717) is 30.6 Å². The molecule has 2 aromatic heterocycles. The summed E-state index contributed by atoms with van der Waals surface area (Å²) in [5, 5.41) is 6.90.